The van der Waals surface area contributed by atoms with Crippen molar-refractivity contribution in [2.24, 2.45) is 5.92 Å². The van der Waals surface area contributed by atoms with E-state index in [9.17, 15) is 19.2 Å². The standard InChI is InChI=1S/C12H20N2O6/c1-4-20-11(18)8(3)13-12(19)14-9(15)5-7(2)6-10(16)17/h7-8H,4-6H2,1-3H3,(H,16,17)(H2,13,14,15,19). The van der Waals surface area contributed by atoms with Crippen molar-refractivity contribution in [2.45, 2.75) is 39.7 Å². The zero-order valence-electron chi connectivity index (χ0n) is 11.8. The summed E-state index contributed by atoms with van der Waals surface area (Å²) in [5.74, 6) is -2.60. The number of carbonyl (C=O) groups is 4. The van der Waals surface area contributed by atoms with Gasteiger partial charge in [-0.2, -0.15) is 0 Å². The summed E-state index contributed by atoms with van der Waals surface area (Å²) < 4.78 is 4.69. The van der Waals surface area contributed by atoms with Gasteiger partial charge in [0.1, 0.15) is 6.04 Å². The summed E-state index contributed by atoms with van der Waals surface area (Å²) in [6.45, 7) is 4.85. The second kappa shape index (κ2) is 8.89. The number of carboxylic acid groups (broad SMARTS) is 1. The van der Waals surface area contributed by atoms with Crippen LogP contribution in [0.25, 0.3) is 0 Å². The molecule has 20 heavy (non-hydrogen) atoms. The van der Waals surface area contributed by atoms with Gasteiger partial charge in [0.25, 0.3) is 0 Å². The molecule has 0 radical (unpaired) electrons. The molecule has 0 rings (SSSR count). The number of carboxylic acids is 1. The normalized spacial score (nSPS) is 12.9. The molecule has 3 N–H and O–H groups in total. The number of hydrogen-bond donors (Lipinski definition) is 3. The van der Waals surface area contributed by atoms with Crippen LogP contribution in [0.1, 0.15) is 33.6 Å². The van der Waals surface area contributed by atoms with Crippen LogP contribution >= 0.6 is 0 Å². The minimum absolute atomic E-state index is 0.0898. The van der Waals surface area contributed by atoms with Crippen molar-refractivity contribution in [1.82, 2.24) is 10.6 Å². The minimum atomic E-state index is -1.01. The van der Waals surface area contributed by atoms with E-state index in [0.29, 0.717) is 0 Å². The van der Waals surface area contributed by atoms with Gasteiger partial charge in [0.05, 0.1) is 6.61 Å². The lowest BCUT2D eigenvalue weighted by molar-refractivity contribution is -0.145. The summed E-state index contributed by atoms with van der Waals surface area (Å²) in [6.07, 6.45) is -0.248. The van der Waals surface area contributed by atoms with Crippen LogP contribution in [-0.2, 0) is 19.1 Å². The van der Waals surface area contributed by atoms with Crippen LogP contribution in [0, 0.1) is 5.92 Å². The third-order valence-electron chi connectivity index (χ3n) is 2.30. The third kappa shape index (κ3) is 8.06. The number of esters is 1. The number of aliphatic carboxylic acids is 1. The van der Waals surface area contributed by atoms with Crippen LogP contribution < -0.4 is 10.6 Å². The molecule has 8 heteroatoms. The quantitative estimate of drug-likeness (QED) is 0.578. The van der Waals surface area contributed by atoms with Gasteiger partial charge in [-0.1, -0.05) is 6.92 Å². The fourth-order valence-corrected chi connectivity index (χ4v) is 1.42. The molecule has 2 atom stereocenters. The molecule has 114 valence electrons. The number of carbonyl (C=O) groups excluding carboxylic acids is 3. The van der Waals surface area contributed by atoms with Crippen molar-refractivity contribution in [3.8, 4) is 0 Å². The first-order valence-corrected chi connectivity index (χ1v) is 6.25. The number of hydrogen-bond acceptors (Lipinski definition) is 5. The van der Waals surface area contributed by atoms with Crippen molar-refractivity contribution in [2.75, 3.05) is 6.61 Å². The number of urea groups is 1. The molecule has 0 saturated heterocycles. The topological polar surface area (TPSA) is 122 Å². The lowest BCUT2D eigenvalue weighted by atomic mass is 10.0. The fourth-order valence-electron chi connectivity index (χ4n) is 1.42. The van der Waals surface area contributed by atoms with E-state index in [1.165, 1.54) is 6.92 Å². The van der Waals surface area contributed by atoms with Crippen LogP contribution in [0.4, 0.5) is 4.79 Å². The monoisotopic (exact) mass is 288 g/mol. The Morgan fingerprint density at radius 1 is 1.15 bits per heavy atom. The molecule has 0 aliphatic carbocycles. The van der Waals surface area contributed by atoms with Crippen LogP contribution in [0.15, 0.2) is 0 Å². The average Bonchev–Trinajstić information content (AvgIpc) is 2.26. The van der Waals surface area contributed by atoms with Gasteiger partial charge in [0, 0.05) is 12.8 Å². The lowest BCUT2D eigenvalue weighted by Gasteiger charge is -2.13. The largest absolute Gasteiger partial charge is 0.481 e. The van der Waals surface area contributed by atoms with Gasteiger partial charge in [-0.15, -0.1) is 0 Å². The second-order valence-corrected chi connectivity index (χ2v) is 4.40. The summed E-state index contributed by atoms with van der Waals surface area (Å²) in [5, 5.41) is 12.8. The molecule has 0 aliphatic rings. The summed E-state index contributed by atoms with van der Waals surface area (Å²) in [5.41, 5.74) is 0. The highest BCUT2D eigenvalue weighted by atomic mass is 16.5. The van der Waals surface area contributed by atoms with Crippen LogP contribution in [0.3, 0.4) is 0 Å². The first-order valence-electron chi connectivity index (χ1n) is 6.25. The van der Waals surface area contributed by atoms with Crippen molar-refractivity contribution in [3.05, 3.63) is 0 Å². The van der Waals surface area contributed by atoms with Gasteiger partial charge in [-0.25, -0.2) is 9.59 Å². The molecule has 0 saturated carbocycles. The Bertz CT molecular complexity index is 382. The number of ether oxygens (including phenoxy) is 1. The molecule has 0 aliphatic heterocycles. The number of imide groups is 1. The van der Waals surface area contributed by atoms with Crippen LogP contribution in [0.2, 0.25) is 0 Å². The molecule has 0 aromatic rings. The molecule has 3 amide bonds. The predicted molar refractivity (Wildman–Crippen MR) is 68.8 cm³/mol. The Morgan fingerprint density at radius 3 is 2.25 bits per heavy atom. The van der Waals surface area contributed by atoms with E-state index in [-0.39, 0.29) is 25.4 Å². The SMILES string of the molecule is CCOC(=O)C(C)NC(=O)NC(=O)CC(C)CC(=O)O. The van der Waals surface area contributed by atoms with Crippen molar-refractivity contribution in [1.29, 1.82) is 0 Å². The van der Waals surface area contributed by atoms with Gasteiger partial charge in [0.2, 0.25) is 5.91 Å². The Labute approximate surface area is 116 Å². The summed E-state index contributed by atoms with van der Waals surface area (Å²) in [4.78, 5) is 44.5. The van der Waals surface area contributed by atoms with E-state index in [1.807, 2.05) is 5.32 Å². The van der Waals surface area contributed by atoms with E-state index >= 15 is 0 Å². The van der Waals surface area contributed by atoms with Crippen molar-refractivity contribution < 1.29 is 29.0 Å². The molecular formula is C12H20N2O6. The maximum absolute atomic E-state index is 11.4. The Hall–Kier alpha value is -2.12. The maximum atomic E-state index is 11.4. The number of amides is 3. The van der Waals surface area contributed by atoms with E-state index < -0.39 is 29.9 Å². The molecule has 2 unspecified atom stereocenters. The Morgan fingerprint density at radius 2 is 1.75 bits per heavy atom. The van der Waals surface area contributed by atoms with Gasteiger partial charge >= 0.3 is 18.0 Å². The minimum Gasteiger partial charge on any atom is -0.481 e. The molecule has 0 heterocycles. The zero-order chi connectivity index (χ0) is 15.7. The Kier molecular flexibility index (Phi) is 7.95. The highest BCUT2D eigenvalue weighted by Gasteiger charge is 2.19. The highest BCUT2D eigenvalue weighted by Crippen LogP contribution is 2.06. The first kappa shape index (κ1) is 17.9. The second-order valence-electron chi connectivity index (χ2n) is 4.40. The summed E-state index contributed by atoms with van der Waals surface area (Å²) in [7, 11) is 0. The fraction of sp³-hybridized carbons (Fsp3) is 0.667. The van der Waals surface area contributed by atoms with Crippen molar-refractivity contribution >= 4 is 23.9 Å². The molecule has 0 aromatic heterocycles. The molecule has 0 bridgehead atoms. The van der Waals surface area contributed by atoms with Crippen LogP contribution in [-0.4, -0.2) is 41.6 Å². The number of nitrogens with one attached hydrogen (secondary N) is 2. The highest BCUT2D eigenvalue weighted by molar-refractivity contribution is 5.96. The van der Waals surface area contributed by atoms with E-state index in [1.54, 1.807) is 13.8 Å². The predicted octanol–water partition coefficient (Wildman–Crippen LogP) is 0.265. The van der Waals surface area contributed by atoms with Gasteiger partial charge in [-0.05, 0) is 19.8 Å². The molecule has 0 spiro atoms. The molecule has 0 aromatic carbocycles. The van der Waals surface area contributed by atoms with E-state index in [4.69, 9.17) is 5.11 Å². The summed E-state index contributed by atoms with van der Waals surface area (Å²) >= 11 is 0. The Balaban J connectivity index is 4.10. The van der Waals surface area contributed by atoms with Gasteiger partial charge in [0.15, 0.2) is 0 Å². The maximum Gasteiger partial charge on any atom is 0.328 e. The lowest BCUT2D eigenvalue weighted by Crippen LogP contribution is -2.47. The van der Waals surface area contributed by atoms with Gasteiger partial charge in [-0.3, -0.25) is 14.9 Å². The van der Waals surface area contributed by atoms with Gasteiger partial charge < -0.3 is 15.2 Å². The van der Waals surface area contributed by atoms with E-state index in [0.717, 1.165) is 0 Å². The smallest absolute Gasteiger partial charge is 0.328 e. The molecular weight excluding hydrogens is 268 g/mol. The average molecular weight is 288 g/mol. The van der Waals surface area contributed by atoms with E-state index in [2.05, 4.69) is 10.1 Å². The zero-order valence-corrected chi connectivity index (χ0v) is 11.8. The third-order valence-corrected chi connectivity index (χ3v) is 2.30. The summed E-state index contributed by atoms with van der Waals surface area (Å²) in [6, 6.07) is -1.70. The first-order chi connectivity index (χ1) is 9.26. The molecule has 0 fully saturated rings. The number of rotatable bonds is 7. The van der Waals surface area contributed by atoms with Crippen molar-refractivity contribution in [3.63, 3.8) is 0 Å². The van der Waals surface area contributed by atoms with Crippen LogP contribution in [0.5, 0.6) is 0 Å². The molecule has 8 nitrogen and oxygen atoms in total.